The highest BCUT2D eigenvalue weighted by Crippen LogP contribution is 2.49. The SMILES string of the molecule is O=C1C(=O)C2C=CC1c1c3[nH]c(c12)C=c1[nH]c(c2c1C1C=CC2C(=O)C1=O)=Nc1[nH]c(c2c1C1C=CC2C(=O)C1=O)C=c1[nH]c(c2c1C1C=CC2C(=O)C1=O)=C3. The summed E-state index contributed by atoms with van der Waals surface area (Å²) in [5, 5.41) is 1.49. The van der Waals surface area contributed by atoms with Crippen molar-refractivity contribution in [3.05, 3.63) is 132 Å². The zero-order chi connectivity index (χ0) is 37.8. The molecule has 1 aliphatic heterocycles. The summed E-state index contributed by atoms with van der Waals surface area (Å²) < 4.78 is 0. The fraction of sp³-hybridized carbons (Fsp3) is 0.186. The number of ketones is 8. The van der Waals surface area contributed by atoms with Crippen LogP contribution in [0.15, 0.2) is 53.6 Å². The van der Waals surface area contributed by atoms with Gasteiger partial charge >= 0.3 is 0 Å². The Morgan fingerprint density at radius 2 is 0.625 bits per heavy atom. The Bertz CT molecular complexity index is 2840. The summed E-state index contributed by atoms with van der Waals surface area (Å²) in [7, 11) is 0. The molecule has 17 rings (SSSR count). The van der Waals surface area contributed by atoms with Gasteiger partial charge in [0.25, 0.3) is 0 Å². The second kappa shape index (κ2) is 9.55. The zero-order valence-corrected chi connectivity index (χ0v) is 28.7. The van der Waals surface area contributed by atoms with Crippen molar-refractivity contribution in [1.82, 2.24) is 19.9 Å². The number of H-pyrrole nitrogens is 4. The predicted octanol–water partition coefficient (Wildman–Crippen LogP) is 0.305. The van der Waals surface area contributed by atoms with Crippen molar-refractivity contribution in [2.24, 2.45) is 4.99 Å². The number of aromatic nitrogens is 4. The van der Waals surface area contributed by atoms with Crippen molar-refractivity contribution in [1.29, 1.82) is 0 Å². The van der Waals surface area contributed by atoms with E-state index in [0.29, 0.717) is 77.6 Å². The minimum Gasteiger partial charge on any atom is -0.355 e. The lowest BCUT2D eigenvalue weighted by molar-refractivity contribution is -0.138. The Balaban J connectivity index is 1.20. The van der Waals surface area contributed by atoms with E-state index in [2.05, 4.69) is 19.9 Å². The molecule has 0 saturated carbocycles. The van der Waals surface area contributed by atoms with Gasteiger partial charge in [-0.25, -0.2) is 4.99 Å². The number of rotatable bonds is 0. The van der Waals surface area contributed by atoms with E-state index < -0.39 is 93.6 Å². The van der Waals surface area contributed by atoms with Crippen molar-refractivity contribution in [2.45, 2.75) is 47.3 Å². The Hall–Kier alpha value is -7.15. The molecule has 0 aromatic carbocycles. The number of Topliss-reactive ketones (excluding diaryl/α,β-unsaturated/α-hetero) is 8. The lowest BCUT2D eigenvalue weighted by Crippen LogP contribution is -2.39. The number of carbonyl (C=O) groups is 8. The molecule has 56 heavy (non-hydrogen) atoms. The lowest BCUT2D eigenvalue weighted by atomic mass is 9.69. The van der Waals surface area contributed by atoms with E-state index in [9.17, 15) is 38.4 Å². The van der Waals surface area contributed by atoms with Crippen molar-refractivity contribution in [3.8, 4) is 0 Å². The highest BCUT2D eigenvalue weighted by atomic mass is 16.2. The fourth-order valence-corrected chi connectivity index (χ4v) is 10.9. The summed E-state index contributed by atoms with van der Waals surface area (Å²) >= 11 is 0. The molecule has 13 heteroatoms. The van der Waals surface area contributed by atoms with Gasteiger partial charge in [0.2, 0.25) is 46.3 Å². The van der Waals surface area contributed by atoms with Crippen LogP contribution in [0.25, 0.3) is 18.2 Å². The smallest absolute Gasteiger partial charge is 0.210 e. The summed E-state index contributed by atoms with van der Waals surface area (Å²) in [6, 6.07) is 0. The number of hydrogen-bond acceptors (Lipinski definition) is 9. The number of nitrogens with one attached hydrogen (secondary N) is 4. The van der Waals surface area contributed by atoms with Crippen LogP contribution in [0.3, 0.4) is 0 Å². The Labute approximate surface area is 312 Å². The van der Waals surface area contributed by atoms with Crippen molar-refractivity contribution >= 4 is 70.3 Å². The summed E-state index contributed by atoms with van der Waals surface area (Å²) in [5.41, 5.74) is 6.34. The summed E-state index contributed by atoms with van der Waals surface area (Å²) in [6.07, 6.45) is 19.1. The van der Waals surface area contributed by atoms with Gasteiger partial charge in [0.1, 0.15) is 11.3 Å². The molecule has 0 fully saturated rings. The standard InChI is InChI=1S/C43H23N5O8/c49-34-12-1-3-14(36(34)51)28-22-10-24-30-16-5-7-18(40(55)38(16)53)32(30)42(46-24)48-43-33-19-8-6-17(39(54)41(19)56)31(33)25(47-43)11-23-29-15-4-2-13(35(50)37(15)52)27(29)21(45-23)9-20(44-22)26(12)28/h1-19,44-45H,(H2,46,47,48). The molecule has 16 bridgehead atoms. The van der Waals surface area contributed by atoms with Crippen LogP contribution in [0.4, 0.5) is 5.82 Å². The third kappa shape index (κ3) is 3.30. The Kier molecular flexibility index (Phi) is 5.15. The predicted molar refractivity (Wildman–Crippen MR) is 192 cm³/mol. The molecule has 0 radical (unpaired) electrons. The molecule has 4 aromatic rings. The first-order valence-electron chi connectivity index (χ1n) is 18.4. The highest BCUT2D eigenvalue weighted by Gasteiger charge is 2.50. The molecule has 4 aromatic heterocycles. The molecule has 0 saturated heterocycles. The second-order valence-corrected chi connectivity index (χ2v) is 15.8. The first-order valence-corrected chi connectivity index (χ1v) is 18.4. The van der Waals surface area contributed by atoms with E-state index >= 15 is 0 Å². The topological polar surface area (TPSA) is 212 Å². The van der Waals surface area contributed by atoms with Crippen LogP contribution in [0.2, 0.25) is 0 Å². The number of nitrogens with zero attached hydrogens (tertiary/aromatic N) is 1. The molecule has 8 unspecified atom stereocenters. The first kappa shape index (κ1) is 30.2. The van der Waals surface area contributed by atoms with Gasteiger partial charge in [-0.05, 0) is 51.6 Å². The first-order chi connectivity index (χ1) is 27.1. The van der Waals surface area contributed by atoms with Crippen molar-refractivity contribution < 1.29 is 38.4 Å². The normalized spacial score (nSPS) is 30.0. The maximum atomic E-state index is 13.4. The average molecular weight is 738 g/mol. The van der Waals surface area contributed by atoms with E-state index in [1.807, 2.05) is 0 Å². The van der Waals surface area contributed by atoms with Crippen LogP contribution >= 0.6 is 0 Å². The lowest BCUT2D eigenvalue weighted by Gasteiger charge is -2.30. The van der Waals surface area contributed by atoms with E-state index in [0.717, 1.165) is 0 Å². The quantitative estimate of drug-likeness (QED) is 0.128. The molecule has 268 valence electrons. The fourth-order valence-electron chi connectivity index (χ4n) is 10.9. The van der Waals surface area contributed by atoms with Crippen LogP contribution < -0.4 is 21.5 Å². The van der Waals surface area contributed by atoms with Gasteiger partial charge in [-0.15, -0.1) is 0 Å². The molecule has 8 atom stereocenters. The molecule has 13 aliphatic rings. The maximum absolute atomic E-state index is 13.4. The van der Waals surface area contributed by atoms with E-state index in [-0.39, 0.29) is 11.3 Å². The van der Waals surface area contributed by atoms with Crippen LogP contribution in [0.5, 0.6) is 0 Å². The minimum atomic E-state index is -0.912. The largest absolute Gasteiger partial charge is 0.355 e. The molecule has 5 heterocycles. The molecule has 4 N–H and O–H groups in total. The molecule has 0 amide bonds. The van der Waals surface area contributed by atoms with Gasteiger partial charge in [-0.2, -0.15) is 0 Å². The number of allylic oxidation sites excluding steroid dienone is 8. The minimum absolute atomic E-state index is 0.282. The van der Waals surface area contributed by atoms with E-state index in [1.165, 1.54) is 0 Å². The van der Waals surface area contributed by atoms with Gasteiger partial charge in [0, 0.05) is 44.3 Å². The monoisotopic (exact) mass is 737 g/mol. The molecular weight excluding hydrogens is 714 g/mol. The van der Waals surface area contributed by atoms with E-state index in [1.54, 1.807) is 66.8 Å². The molecular formula is C43H23N5O8. The summed E-state index contributed by atoms with van der Waals surface area (Å²) in [6.45, 7) is 0. The molecule has 13 nitrogen and oxygen atoms in total. The van der Waals surface area contributed by atoms with Crippen LogP contribution in [-0.4, -0.2) is 66.2 Å². The van der Waals surface area contributed by atoms with Gasteiger partial charge < -0.3 is 19.9 Å². The van der Waals surface area contributed by atoms with Crippen molar-refractivity contribution in [3.63, 3.8) is 0 Å². The third-order valence-corrected chi connectivity index (χ3v) is 13.2. The number of fused-ring (bicyclic) bond motifs is 12. The highest BCUT2D eigenvalue weighted by molar-refractivity contribution is 6.46. The third-order valence-electron chi connectivity index (χ3n) is 13.2. The van der Waals surface area contributed by atoms with Crippen LogP contribution in [-0.2, 0) is 38.4 Å². The average Bonchev–Trinajstić information content (AvgIpc) is 3.96. The van der Waals surface area contributed by atoms with Gasteiger partial charge in [0.15, 0.2) is 0 Å². The number of aromatic amines is 4. The van der Waals surface area contributed by atoms with E-state index in [4.69, 9.17) is 4.99 Å². The van der Waals surface area contributed by atoms with Crippen molar-refractivity contribution in [2.75, 3.05) is 0 Å². The number of carbonyl (C=O) groups excluding carboxylic acids is 8. The van der Waals surface area contributed by atoms with Gasteiger partial charge in [-0.3, -0.25) is 38.4 Å². The van der Waals surface area contributed by atoms with Crippen LogP contribution in [0.1, 0.15) is 109 Å². The van der Waals surface area contributed by atoms with Gasteiger partial charge in [0.05, 0.1) is 47.3 Å². The second-order valence-electron chi connectivity index (χ2n) is 15.8. The number of hydrogen-bond donors (Lipinski definition) is 4. The summed E-state index contributed by atoms with van der Waals surface area (Å²) in [4.78, 5) is 126. The van der Waals surface area contributed by atoms with Crippen LogP contribution in [0, 0.1) is 0 Å². The molecule has 0 spiro atoms. The zero-order valence-electron chi connectivity index (χ0n) is 28.7. The maximum Gasteiger partial charge on any atom is 0.210 e. The molecule has 12 aliphatic carbocycles. The van der Waals surface area contributed by atoms with Gasteiger partial charge in [-0.1, -0.05) is 48.6 Å². The summed E-state index contributed by atoms with van der Waals surface area (Å²) in [5.74, 6) is -11.1. The Morgan fingerprint density at radius 3 is 1.05 bits per heavy atom. The Morgan fingerprint density at radius 1 is 0.321 bits per heavy atom.